The van der Waals surface area contributed by atoms with E-state index in [-0.39, 0.29) is 27.2 Å². The Morgan fingerprint density at radius 1 is 0.446 bits per heavy atom. The van der Waals surface area contributed by atoms with E-state index in [1.54, 1.807) is 24.3 Å². The van der Waals surface area contributed by atoms with Crippen LogP contribution >= 0.6 is 0 Å². The maximum atomic E-state index is 11.8. The molecule has 0 saturated heterocycles. The van der Waals surface area contributed by atoms with Crippen LogP contribution in [0.5, 0.6) is 0 Å². The van der Waals surface area contributed by atoms with Crippen LogP contribution in [0.2, 0.25) is 0 Å². The molecule has 0 atom stereocenters. The number of benzene rings is 4. The standard InChI is InChI=1S/C67H67N5O2/c1-64(2,3)46-35-44(36-47(39-46)65(4,5)6)61-57-31-27-53(68-57)51(25-19-41-15-21-43(22-16-41)63(73)74)54-28-32-58(69-54)62(45-37-48(66(7,8)9)40-49(38-45)67(10,11)12)60-34-30-56(71-60)52(55-29-33-59(61)70-55)26-20-42-17-23-50(24-18-42)72(13)14/h15-18,21-24,27-40,70-71H,1-14H3,(H,73,74). The molecular weight excluding hydrogens is 907 g/mol. The summed E-state index contributed by atoms with van der Waals surface area (Å²) in [5.74, 6) is 13.0. The first-order valence-corrected chi connectivity index (χ1v) is 25.4. The fourth-order valence-electron chi connectivity index (χ4n) is 9.16. The maximum absolute atomic E-state index is 11.8. The lowest BCUT2D eigenvalue weighted by molar-refractivity contribution is 0.0697. The number of aromatic carboxylic acids is 1. The second-order valence-electron chi connectivity index (χ2n) is 23.9. The third-order valence-corrected chi connectivity index (χ3v) is 13.8. The number of nitrogens with zero attached hydrogens (tertiary/aromatic N) is 3. The van der Waals surface area contributed by atoms with Crippen molar-refractivity contribution >= 4 is 58.0 Å². The Morgan fingerprint density at radius 2 is 0.797 bits per heavy atom. The van der Waals surface area contributed by atoms with Gasteiger partial charge in [0.15, 0.2) is 0 Å². The Hall–Kier alpha value is -8.13. The largest absolute Gasteiger partial charge is 0.478 e. The molecule has 0 aliphatic carbocycles. The Morgan fingerprint density at radius 3 is 1.16 bits per heavy atom. The van der Waals surface area contributed by atoms with Crippen LogP contribution in [0.4, 0.5) is 5.69 Å². The first kappa shape index (κ1) is 50.8. The van der Waals surface area contributed by atoms with Gasteiger partial charge < -0.3 is 20.0 Å². The minimum atomic E-state index is -0.987. The molecule has 4 aromatic carbocycles. The fourth-order valence-corrected chi connectivity index (χ4v) is 9.16. The predicted octanol–water partition coefficient (Wildman–Crippen LogP) is 15.7. The minimum absolute atomic E-state index is 0.133. The highest BCUT2D eigenvalue weighted by Crippen LogP contribution is 2.40. The summed E-state index contributed by atoms with van der Waals surface area (Å²) in [6, 6.07) is 37.5. The van der Waals surface area contributed by atoms with Gasteiger partial charge in [-0.05, 0) is 152 Å². The Balaban J connectivity index is 1.45. The highest BCUT2D eigenvalue weighted by molar-refractivity contribution is 5.96. The van der Waals surface area contributed by atoms with Crippen molar-refractivity contribution in [2.24, 2.45) is 0 Å². The average molecular weight is 974 g/mol. The number of H-pyrrole nitrogens is 2. The fraction of sp³-hybridized carbons (Fsp3) is 0.269. The van der Waals surface area contributed by atoms with Gasteiger partial charge in [0, 0.05) is 53.1 Å². The quantitative estimate of drug-likeness (QED) is 0.153. The number of anilines is 1. The number of carboxylic acids is 1. The molecule has 7 nitrogen and oxygen atoms in total. The monoisotopic (exact) mass is 974 g/mol. The zero-order chi connectivity index (χ0) is 53.1. The topological polar surface area (TPSA) is 97.9 Å². The van der Waals surface area contributed by atoms with E-state index in [1.165, 1.54) is 22.3 Å². The van der Waals surface area contributed by atoms with Crippen molar-refractivity contribution in [2.45, 2.75) is 105 Å². The molecule has 5 heterocycles. The lowest BCUT2D eigenvalue weighted by Crippen LogP contribution is -2.16. The first-order chi connectivity index (χ1) is 34.8. The molecule has 9 rings (SSSR count). The molecule has 3 N–H and O–H groups in total. The first-order valence-electron chi connectivity index (χ1n) is 25.4. The number of aromatic nitrogens is 4. The molecule has 3 aromatic heterocycles. The number of carbonyl (C=O) groups is 1. The van der Waals surface area contributed by atoms with Gasteiger partial charge in [-0.15, -0.1) is 0 Å². The number of fused-ring (bicyclic) bond motifs is 8. The van der Waals surface area contributed by atoms with E-state index in [4.69, 9.17) is 9.97 Å². The van der Waals surface area contributed by atoms with Crippen molar-refractivity contribution < 1.29 is 9.90 Å². The molecule has 74 heavy (non-hydrogen) atoms. The summed E-state index contributed by atoms with van der Waals surface area (Å²) in [6.45, 7) is 27.1. The summed E-state index contributed by atoms with van der Waals surface area (Å²) in [6.07, 6.45) is 8.24. The molecule has 0 spiro atoms. The van der Waals surface area contributed by atoms with Crippen LogP contribution in [0.3, 0.4) is 0 Å². The van der Waals surface area contributed by atoms with Crippen LogP contribution in [-0.4, -0.2) is 45.1 Å². The predicted molar refractivity (Wildman–Crippen MR) is 311 cm³/mol. The molecule has 372 valence electrons. The zero-order valence-corrected chi connectivity index (χ0v) is 45.4. The highest BCUT2D eigenvalue weighted by atomic mass is 16.4. The molecule has 0 radical (unpaired) electrons. The summed E-state index contributed by atoms with van der Waals surface area (Å²) in [7, 11) is 4.08. The SMILES string of the molecule is CN(C)c1ccc(C#Cc2c3ccc([nH]3)c(-c3cc(C(C)(C)C)cc(C(C)(C)C)c3)c3nc(c(C#Cc4ccc(C(=O)O)cc4)c4nc(c(-c5cc(C(C)(C)C)cc(C(C)(C)C)c5)c5ccc2[nH]5)C=C4)C=C3)cc1. The van der Waals surface area contributed by atoms with Gasteiger partial charge in [0.05, 0.1) is 50.5 Å². The summed E-state index contributed by atoms with van der Waals surface area (Å²) in [4.78, 5) is 32.6. The van der Waals surface area contributed by atoms with Gasteiger partial charge in [-0.25, -0.2) is 14.8 Å². The summed E-state index contributed by atoms with van der Waals surface area (Å²) in [5, 5.41) is 9.65. The van der Waals surface area contributed by atoms with E-state index in [2.05, 4.69) is 219 Å². The van der Waals surface area contributed by atoms with E-state index in [9.17, 15) is 9.90 Å². The summed E-state index contributed by atoms with van der Waals surface area (Å²) < 4.78 is 0. The number of nitrogens with one attached hydrogen (secondary N) is 2. The Kier molecular flexibility index (Phi) is 13.1. The molecule has 0 unspecified atom stereocenters. The third kappa shape index (κ3) is 10.7. The smallest absolute Gasteiger partial charge is 0.335 e. The average Bonchev–Trinajstić information content (AvgIpc) is 4.19. The minimum Gasteiger partial charge on any atom is -0.478 e. The van der Waals surface area contributed by atoms with Gasteiger partial charge in [-0.3, -0.25) is 0 Å². The molecule has 0 fully saturated rings. The highest BCUT2D eigenvalue weighted by Gasteiger charge is 2.26. The van der Waals surface area contributed by atoms with Crippen LogP contribution in [0, 0.1) is 23.7 Å². The number of hydrogen-bond acceptors (Lipinski definition) is 4. The van der Waals surface area contributed by atoms with Crippen molar-refractivity contribution in [1.29, 1.82) is 0 Å². The van der Waals surface area contributed by atoms with Crippen LogP contribution in [0.15, 0.2) is 109 Å². The number of hydrogen-bond donors (Lipinski definition) is 3. The molecule has 7 aromatic rings. The third-order valence-electron chi connectivity index (χ3n) is 13.8. The van der Waals surface area contributed by atoms with E-state index < -0.39 is 5.97 Å². The number of aromatic amines is 2. The molecule has 8 bridgehead atoms. The zero-order valence-electron chi connectivity index (χ0n) is 45.4. The molecular formula is C67H67N5O2. The van der Waals surface area contributed by atoms with Crippen molar-refractivity contribution in [1.82, 2.24) is 19.9 Å². The van der Waals surface area contributed by atoms with E-state index >= 15 is 0 Å². The van der Waals surface area contributed by atoms with Crippen molar-refractivity contribution in [2.75, 3.05) is 19.0 Å². The summed E-state index contributed by atoms with van der Waals surface area (Å²) in [5.41, 5.74) is 19.1. The van der Waals surface area contributed by atoms with Crippen molar-refractivity contribution in [3.63, 3.8) is 0 Å². The van der Waals surface area contributed by atoms with Gasteiger partial charge >= 0.3 is 5.97 Å². The molecule has 0 saturated carbocycles. The van der Waals surface area contributed by atoms with E-state index in [0.29, 0.717) is 22.5 Å². The maximum Gasteiger partial charge on any atom is 0.335 e. The van der Waals surface area contributed by atoms with E-state index in [1.807, 2.05) is 26.2 Å². The van der Waals surface area contributed by atoms with Crippen LogP contribution in [0.25, 0.3) is 68.6 Å². The van der Waals surface area contributed by atoms with Crippen LogP contribution < -0.4 is 4.90 Å². The van der Waals surface area contributed by atoms with E-state index in [0.717, 1.165) is 72.5 Å². The van der Waals surface area contributed by atoms with Crippen LogP contribution in [-0.2, 0) is 21.7 Å². The van der Waals surface area contributed by atoms with Crippen molar-refractivity contribution in [3.05, 3.63) is 182 Å². The second kappa shape index (κ2) is 19.0. The lowest BCUT2D eigenvalue weighted by atomic mass is 9.78. The number of rotatable bonds is 4. The van der Waals surface area contributed by atoms with Crippen LogP contribution in [0.1, 0.15) is 161 Å². The molecule has 2 aliphatic heterocycles. The molecule has 2 aliphatic rings. The van der Waals surface area contributed by atoms with Gasteiger partial charge in [-0.1, -0.05) is 143 Å². The number of carboxylic acid groups (broad SMARTS) is 1. The second-order valence-corrected chi connectivity index (χ2v) is 23.9. The van der Waals surface area contributed by atoms with Gasteiger partial charge in [0.1, 0.15) is 0 Å². The molecule has 7 heteroatoms. The Bertz CT molecular complexity index is 3510. The molecule has 0 amide bonds. The van der Waals surface area contributed by atoms with Gasteiger partial charge in [0.25, 0.3) is 0 Å². The van der Waals surface area contributed by atoms with Gasteiger partial charge in [-0.2, -0.15) is 0 Å². The lowest BCUT2D eigenvalue weighted by Gasteiger charge is -2.26. The summed E-state index contributed by atoms with van der Waals surface area (Å²) >= 11 is 0. The normalized spacial score (nSPS) is 12.5. The van der Waals surface area contributed by atoms with Gasteiger partial charge in [0.2, 0.25) is 0 Å². The van der Waals surface area contributed by atoms with Crippen molar-refractivity contribution in [3.8, 4) is 45.9 Å². The Labute approximate surface area is 437 Å².